The van der Waals surface area contributed by atoms with Gasteiger partial charge in [0.25, 0.3) is 0 Å². The summed E-state index contributed by atoms with van der Waals surface area (Å²) in [6.07, 6.45) is 1.93. The third kappa shape index (κ3) is 1.34. The molecule has 2 rings (SSSR count). The number of carbonyl (C=O) groups is 1. The molecular formula is C12H10N2O2. The van der Waals surface area contributed by atoms with Crippen LogP contribution in [0, 0.1) is 18.3 Å². The van der Waals surface area contributed by atoms with Gasteiger partial charge in [0.05, 0.1) is 18.0 Å². The number of pyridine rings is 1. The monoisotopic (exact) mass is 214 g/mol. The van der Waals surface area contributed by atoms with Gasteiger partial charge in [-0.2, -0.15) is 5.26 Å². The van der Waals surface area contributed by atoms with Crippen molar-refractivity contribution in [1.82, 2.24) is 4.40 Å². The zero-order chi connectivity index (χ0) is 11.7. The molecule has 0 aliphatic rings. The third-order valence-corrected chi connectivity index (χ3v) is 2.68. The van der Waals surface area contributed by atoms with Crippen molar-refractivity contribution in [1.29, 1.82) is 5.26 Å². The Balaban J connectivity index is 2.86. The Kier molecular flexibility index (Phi) is 2.37. The van der Waals surface area contributed by atoms with Crippen molar-refractivity contribution in [2.75, 3.05) is 0 Å². The lowest BCUT2D eigenvalue weighted by Crippen LogP contribution is -2.03. The van der Waals surface area contributed by atoms with Crippen molar-refractivity contribution in [3.63, 3.8) is 0 Å². The summed E-state index contributed by atoms with van der Waals surface area (Å²) >= 11 is 0. The van der Waals surface area contributed by atoms with Crippen molar-refractivity contribution in [3.05, 3.63) is 41.2 Å². The minimum atomic E-state index is -0.970. The SMILES string of the molecule is Cc1c(CC#N)c2ccccn2c1C(=O)O. The van der Waals surface area contributed by atoms with Crippen LogP contribution in [-0.2, 0) is 6.42 Å². The van der Waals surface area contributed by atoms with E-state index in [0.29, 0.717) is 5.56 Å². The van der Waals surface area contributed by atoms with Crippen molar-refractivity contribution >= 4 is 11.5 Å². The molecular weight excluding hydrogens is 204 g/mol. The maximum absolute atomic E-state index is 11.1. The molecule has 0 radical (unpaired) electrons. The molecule has 0 bridgehead atoms. The maximum Gasteiger partial charge on any atom is 0.353 e. The summed E-state index contributed by atoms with van der Waals surface area (Å²) in [5, 5.41) is 17.9. The van der Waals surface area contributed by atoms with E-state index < -0.39 is 5.97 Å². The molecule has 4 nitrogen and oxygen atoms in total. The van der Waals surface area contributed by atoms with Crippen LogP contribution in [0.15, 0.2) is 24.4 Å². The van der Waals surface area contributed by atoms with Gasteiger partial charge in [-0.25, -0.2) is 4.79 Å². The number of carboxylic acid groups (broad SMARTS) is 1. The van der Waals surface area contributed by atoms with E-state index in [2.05, 4.69) is 6.07 Å². The average Bonchev–Trinajstić information content (AvgIpc) is 2.53. The number of nitrogens with zero attached hydrogens (tertiary/aromatic N) is 2. The zero-order valence-electron chi connectivity index (χ0n) is 8.77. The molecule has 80 valence electrons. The van der Waals surface area contributed by atoms with Crippen LogP contribution in [-0.4, -0.2) is 15.5 Å². The van der Waals surface area contributed by atoms with Gasteiger partial charge in [-0.05, 0) is 30.2 Å². The second kappa shape index (κ2) is 3.70. The van der Waals surface area contributed by atoms with Gasteiger partial charge in [-0.15, -0.1) is 0 Å². The van der Waals surface area contributed by atoms with Crippen LogP contribution in [0.25, 0.3) is 5.52 Å². The van der Waals surface area contributed by atoms with Gasteiger partial charge in [0, 0.05) is 6.20 Å². The van der Waals surface area contributed by atoms with Crippen LogP contribution in [0.2, 0.25) is 0 Å². The van der Waals surface area contributed by atoms with Gasteiger partial charge >= 0.3 is 5.97 Å². The fraction of sp³-hybridized carbons (Fsp3) is 0.167. The lowest BCUT2D eigenvalue weighted by molar-refractivity contribution is 0.0688. The van der Waals surface area contributed by atoms with E-state index in [1.807, 2.05) is 12.1 Å². The molecule has 0 fully saturated rings. The Morgan fingerprint density at radius 3 is 2.94 bits per heavy atom. The Labute approximate surface area is 92.4 Å². The first-order valence-corrected chi connectivity index (χ1v) is 4.85. The molecule has 0 aromatic carbocycles. The first-order valence-electron chi connectivity index (χ1n) is 4.85. The number of aromatic carboxylic acids is 1. The average molecular weight is 214 g/mol. The van der Waals surface area contributed by atoms with Crippen LogP contribution in [0.4, 0.5) is 0 Å². The molecule has 2 aromatic heterocycles. The second-order valence-corrected chi connectivity index (χ2v) is 3.55. The highest BCUT2D eigenvalue weighted by Crippen LogP contribution is 2.23. The van der Waals surface area contributed by atoms with E-state index in [1.54, 1.807) is 23.6 Å². The molecule has 0 spiro atoms. The number of rotatable bonds is 2. The second-order valence-electron chi connectivity index (χ2n) is 3.55. The third-order valence-electron chi connectivity index (χ3n) is 2.68. The molecule has 0 atom stereocenters. The number of aromatic nitrogens is 1. The highest BCUT2D eigenvalue weighted by molar-refractivity contribution is 5.91. The van der Waals surface area contributed by atoms with Gasteiger partial charge in [0.2, 0.25) is 0 Å². The predicted octanol–water partition coefficient (Wildman–Crippen LogP) is 2.01. The van der Waals surface area contributed by atoms with Gasteiger partial charge in [0.15, 0.2) is 0 Å². The predicted molar refractivity (Wildman–Crippen MR) is 58.4 cm³/mol. The number of carboxylic acids is 1. The molecule has 2 aromatic rings. The van der Waals surface area contributed by atoms with Crippen molar-refractivity contribution < 1.29 is 9.90 Å². The maximum atomic E-state index is 11.1. The molecule has 0 aliphatic heterocycles. The highest BCUT2D eigenvalue weighted by atomic mass is 16.4. The van der Waals surface area contributed by atoms with E-state index >= 15 is 0 Å². The summed E-state index contributed by atoms with van der Waals surface area (Å²) < 4.78 is 1.62. The normalized spacial score (nSPS) is 10.2. The molecule has 0 amide bonds. The number of fused-ring (bicyclic) bond motifs is 1. The number of hydrogen-bond acceptors (Lipinski definition) is 2. The minimum absolute atomic E-state index is 0.229. The van der Waals surface area contributed by atoms with Crippen LogP contribution >= 0.6 is 0 Å². The van der Waals surface area contributed by atoms with Crippen molar-refractivity contribution in [3.8, 4) is 6.07 Å². The van der Waals surface area contributed by atoms with Crippen molar-refractivity contribution in [2.45, 2.75) is 13.3 Å². The smallest absolute Gasteiger partial charge is 0.353 e. The van der Waals surface area contributed by atoms with Gasteiger partial charge in [0.1, 0.15) is 5.69 Å². The molecule has 4 heteroatoms. The minimum Gasteiger partial charge on any atom is -0.477 e. The fourth-order valence-corrected chi connectivity index (χ4v) is 1.97. The molecule has 1 N–H and O–H groups in total. The van der Waals surface area contributed by atoms with Gasteiger partial charge in [-0.1, -0.05) is 6.07 Å². The van der Waals surface area contributed by atoms with E-state index in [1.165, 1.54) is 0 Å². The first kappa shape index (κ1) is 10.2. The van der Waals surface area contributed by atoms with Crippen LogP contribution < -0.4 is 0 Å². The quantitative estimate of drug-likeness (QED) is 0.831. The summed E-state index contributed by atoms with van der Waals surface area (Å²) in [6, 6.07) is 7.50. The standard InChI is InChI=1S/C12H10N2O2/c1-8-9(5-6-13)10-4-2-3-7-14(10)11(8)12(15)16/h2-4,7H,5H2,1H3,(H,15,16). The van der Waals surface area contributed by atoms with Crippen molar-refractivity contribution in [2.24, 2.45) is 0 Å². The van der Waals surface area contributed by atoms with E-state index in [-0.39, 0.29) is 12.1 Å². The molecule has 2 heterocycles. The van der Waals surface area contributed by atoms with Crippen LogP contribution in [0.1, 0.15) is 21.6 Å². The zero-order valence-corrected chi connectivity index (χ0v) is 8.77. The summed E-state index contributed by atoms with van der Waals surface area (Å²) in [4.78, 5) is 11.1. The van der Waals surface area contributed by atoms with Gasteiger partial charge < -0.3 is 9.51 Å². The van der Waals surface area contributed by atoms with Crippen LogP contribution in [0.3, 0.4) is 0 Å². The summed E-state index contributed by atoms with van der Waals surface area (Å²) in [5.74, 6) is -0.970. The van der Waals surface area contributed by atoms with Gasteiger partial charge in [-0.3, -0.25) is 0 Å². The first-order chi connectivity index (χ1) is 7.66. The largest absolute Gasteiger partial charge is 0.477 e. The summed E-state index contributed by atoms with van der Waals surface area (Å²) in [5.41, 5.74) is 2.49. The molecule has 0 aliphatic carbocycles. The molecule has 0 saturated carbocycles. The molecule has 0 saturated heterocycles. The molecule has 16 heavy (non-hydrogen) atoms. The lowest BCUT2D eigenvalue weighted by Gasteiger charge is -1.97. The van der Waals surface area contributed by atoms with E-state index in [9.17, 15) is 4.79 Å². The fourth-order valence-electron chi connectivity index (χ4n) is 1.97. The summed E-state index contributed by atoms with van der Waals surface area (Å²) in [6.45, 7) is 1.74. The molecule has 0 unspecified atom stereocenters. The number of hydrogen-bond donors (Lipinski definition) is 1. The Morgan fingerprint density at radius 2 is 2.31 bits per heavy atom. The van der Waals surface area contributed by atoms with E-state index in [0.717, 1.165) is 11.1 Å². The lowest BCUT2D eigenvalue weighted by atomic mass is 10.1. The Hall–Kier alpha value is -2.28. The summed E-state index contributed by atoms with van der Waals surface area (Å²) in [7, 11) is 0. The number of nitriles is 1. The Bertz CT molecular complexity index is 605. The topological polar surface area (TPSA) is 65.5 Å². The highest BCUT2D eigenvalue weighted by Gasteiger charge is 2.18. The Morgan fingerprint density at radius 1 is 1.56 bits per heavy atom. The van der Waals surface area contributed by atoms with E-state index in [4.69, 9.17) is 10.4 Å². The van der Waals surface area contributed by atoms with Crippen LogP contribution in [0.5, 0.6) is 0 Å².